The molecule has 23 heavy (non-hydrogen) atoms. The third kappa shape index (κ3) is 4.43. The molecule has 0 aromatic heterocycles. The summed E-state index contributed by atoms with van der Waals surface area (Å²) in [5.41, 5.74) is 2.59. The number of nitrogens with two attached hydrogens (primary N) is 1. The minimum Gasteiger partial charge on any atom is -0.322 e. The summed E-state index contributed by atoms with van der Waals surface area (Å²) in [6, 6.07) is 16.1. The fourth-order valence-corrected chi connectivity index (χ4v) is 3.53. The molecule has 1 saturated carbocycles. The van der Waals surface area contributed by atoms with Gasteiger partial charge in [0, 0.05) is 16.2 Å². The van der Waals surface area contributed by atoms with Gasteiger partial charge in [0.25, 0.3) is 5.91 Å². The number of quaternary nitrogens is 1. The molecule has 1 aliphatic rings. The first-order valence-corrected chi connectivity index (χ1v) is 9.02. The van der Waals surface area contributed by atoms with Crippen molar-refractivity contribution in [1.82, 2.24) is 0 Å². The fraction of sp³-hybridized carbons (Fsp3) is 0.316. The Hall–Kier alpha value is -1.65. The Morgan fingerprint density at radius 2 is 1.78 bits per heavy atom. The molecular formula is C19H22BrN2O+. The van der Waals surface area contributed by atoms with Crippen LogP contribution >= 0.6 is 15.9 Å². The molecular weight excluding hydrogens is 352 g/mol. The van der Waals surface area contributed by atoms with Crippen molar-refractivity contribution in [3.05, 3.63) is 58.6 Å². The molecule has 2 aromatic rings. The third-order valence-corrected chi connectivity index (χ3v) is 4.85. The molecule has 1 aliphatic carbocycles. The number of hydrogen-bond donors (Lipinski definition) is 2. The maximum atomic E-state index is 12.6. The van der Waals surface area contributed by atoms with E-state index in [0.29, 0.717) is 6.04 Å². The number of carbonyl (C=O) groups excluding carboxylic acids is 1. The molecule has 1 amide bonds. The second kappa shape index (κ2) is 7.75. The van der Waals surface area contributed by atoms with Gasteiger partial charge in [0.15, 0.2) is 0 Å². The van der Waals surface area contributed by atoms with Crippen molar-refractivity contribution in [2.45, 2.75) is 38.1 Å². The number of rotatable bonds is 4. The maximum Gasteiger partial charge on any atom is 0.261 e. The van der Waals surface area contributed by atoms with Crippen LogP contribution in [0.25, 0.3) is 0 Å². The molecule has 0 atom stereocenters. The zero-order valence-electron chi connectivity index (χ0n) is 13.1. The number of hydrogen-bond acceptors (Lipinski definition) is 1. The van der Waals surface area contributed by atoms with Crippen LogP contribution in [-0.4, -0.2) is 11.9 Å². The van der Waals surface area contributed by atoms with Gasteiger partial charge in [-0.05, 0) is 49.9 Å². The fourth-order valence-electron chi connectivity index (χ4n) is 3.15. The van der Waals surface area contributed by atoms with E-state index >= 15 is 0 Å². The molecule has 1 fully saturated rings. The van der Waals surface area contributed by atoms with Crippen molar-refractivity contribution in [2.75, 3.05) is 5.32 Å². The van der Waals surface area contributed by atoms with Crippen LogP contribution in [0.4, 0.5) is 11.4 Å². The molecule has 0 saturated heterocycles. The van der Waals surface area contributed by atoms with Gasteiger partial charge in [0.1, 0.15) is 11.3 Å². The molecule has 0 heterocycles. The summed E-state index contributed by atoms with van der Waals surface area (Å²) in [6.07, 6.45) is 6.38. The van der Waals surface area contributed by atoms with Gasteiger partial charge in [-0.25, -0.2) is 0 Å². The van der Waals surface area contributed by atoms with Gasteiger partial charge in [-0.3, -0.25) is 4.79 Å². The molecule has 0 bridgehead atoms. The quantitative estimate of drug-likeness (QED) is 0.773. The van der Waals surface area contributed by atoms with E-state index in [1.54, 1.807) is 0 Å². The predicted molar refractivity (Wildman–Crippen MR) is 97.0 cm³/mol. The van der Waals surface area contributed by atoms with E-state index in [-0.39, 0.29) is 5.91 Å². The van der Waals surface area contributed by atoms with Crippen molar-refractivity contribution < 1.29 is 10.1 Å². The van der Waals surface area contributed by atoms with Crippen LogP contribution in [0.15, 0.2) is 53.0 Å². The molecule has 0 aliphatic heterocycles. The number of amides is 1. The minimum atomic E-state index is -0.0502. The minimum absolute atomic E-state index is 0.0502. The molecule has 0 unspecified atom stereocenters. The van der Waals surface area contributed by atoms with Gasteiger partial charge in [-0.15, -0.1) is 0 Å². The van der Waals surface area contributed by atoms with Crippen LogP contribution in [0.5, 0.6) is 0 Å². The van der Waals surface area contributed by atoms with E-state index in [1.165, 1.54) is 32.1 Å². The van der Waals surface area contributed by atoms with E-state index in [2.05, 4.69) is 32.6 Å². The molecule has 0 spiro atoms. The summed E-state index contributed by atoms with van der Waals surface area (Å²) in [4.78, 5) is 12.6. The van der Waals surface area contributed by atoms with E-state index < -0.39 is 0 Å². The van der Waals surface area contributed by atoms with Gasteiger partial charge in [0.05, 0.1) is 6.04 Å². The van der Waals surface area contributed by atoms with Crippen LogP contribution in [0.1, 0.15) is 42.5 Å². The van der Waals surface area contributed by atoms with Gasteiger partial charge >= 0.3 is 0 Å². The van der Waals surface area contributed by atoms with E-state index in [9.17, 15) is 4.79 Å². The Morgan fingerprint density at radius 1 is 1.04 bits per heavy atom. The highest BCUT2D eigenvalue weighted by Gasteiger charge is 2.21. The lowest BCUT2D eigenvalue weighted by molar-refractivity contribution is -0.614. The largest absolute Gasteiger partial charge is 0.322 e. The zero-order valence-corrected chi connectivity index (χ0v) is 14.7. The van der Waals surface area contributed by atoms with Crippen LogP contribution in [0.2, 0.25) is 0 Å². The average molecular weight is 374 g/mol. The average Bonchev–Trinajstić information content (AvgIpc) is 2.57. The lowest BCUT2D eigenvalue weighted by Gasteiger charge is -2.20. The summed E-state index contributed by atoms with van der Waals surface area (Å²) in [5, 5.41) is 5.26. The monoisotopic (exact) mass is 373 g/mol. The Balaban J connectivity index is 1.78. The van der Waals surface area contributed by atoms with E-state index in [4.69, 9.17) is 0 Å². The summed E-state index contributed by atoms with van der Waals surface area (Å²) >= 11 is 3.53. The lowest BCUT2D eigenvalue weighted by Crippen LogP contribution is -2.85. The summed E-state index contributed by atoms with van der Waals surface area (Å²) < 4.78 is 1.01. The van der Waals surface area contributed by atoms with Crippen molar-refractivity contribution in [3.63, 3.8) is 0 Å². The van der Waals surface area contributed by atoms with Gasteiger partial charge in [-0.1, -0.05) is 40.5 Å². The molecule has 3 nitrogen and oxygen atoms in total. The first-order valence-electron chi connectivity index (χ1n) is 8.23. The number of anilines is 1. The smallest absolute Gasteiger partial charge is 0.261 e. The second-order valence-electron chi connectivity index (χ2n) is 6.12. The van der Waals surface area contributed by atoms with Crippen molar-refractivity contribution in [2.24, 2.45) is 0 Å². The predicted octanol–water partition coefficient (Wildman–Crippen LogP) is 4.23. The summed E-state index contributed by atoms with van der Waals surface area (Å²) in [7, 11) is 0. The first kappa shape index (κ1) is 16.2. The van der Waals surface area contributed by atoms with Crippen molar-refractivity contribution in [1.29, 1.82) is 0 Å². The zero-order chi connectivity index (χ0) is 16.1. The van der Waals surface area contributed by atoms with Crippen molar-refractivity contribution in [3.8, 4) is 0 Å². The Labute approximate surface area is 145 Å². The molecule has 3 N–H and O–H groups in total. The first-order chi connectivity index (χ1) is 11.2. The standard InChI is InChI=1S/C19H21BrN2O/c20-14-11-12-17(19(23)22-16-9-5-2-6-10-16)18(13-14)21-15-7-3-1-4-8-15/h2,5-6,9-13,15,21H,1,3-4,7-8H2,(H,22,23)/p+1. The number of nitrogens with one attached hydrogen (secondary N) is 1. The van der Waals surface area contributed by atoms with Gasteiger partial charge < -0.3 is 10.6 Å². The van der Waals surface area contributed by atoms with Gasteiger partial charge in [-0.2, -0.15) is 0 Å². The van der Waals surface area contributed by atoms with E-state index in [1.807, 2.05) is 42.5 Å². The Kier molecular flexibility index (Phi) is 5.47. The van der Waals surface area contributed by atoms with Crippen molar-refractivity contribution >= 4 is 33.2 Å². The third-order valence-electron chi connectivity index (χ3n) is 4.35. The molecule has 0 radical (unpaired) electrons. The Morgan fingerprint density at radius 3 is 2.52 bits per heavy atom. The van der Waals surface area contributed by atoms with Gasteiger partial charge in [0.2, 0.25) is 0 Å². The highest BCUT2D eigenvalue weighted by Crippen LogP contribution is 2.21. The number of benzene rings is 2. The summed E-state index contributed by atoms with van der Waals surface area (Å²) in [5.74, 6) is -0.0502. The molecule has 3 rings (SSSR count). The van der Waals surface area contributed by atoms with Crippen LogP contribution in [-0.2, 0) is 0 Å². The van der Waals surface area contributed by atoms with E-state index in [0.717, 1.165) is 21.4 Å². The summed E-state index contributed by atoms with van der Waals surface area (Å²) in [6.45, 7) is 0. The number of para-hydroxylation sites is 1. The molecule has 120 valence electrons. The number of carbonyl (C=O) groups is 1. The van der Waals surface area contributed by atoms with Crippen LogP contribution < -0.4 is 10.6 Å². The SMILES string of the molecule is O=C(Nc1ccccc1)c1ccc(Br)cc1[NH2+]C1CCCCC1. The second-order valence-corrected chi connectivity index (χ2v) is 7.03. The maximum absolute atomic E-state index is 12.6. The van der Waals surface area contributed by atoms with Crippen LogP contribution in [0, 0.1) is 0 Å². The Bertz CT molecular complexity index is 666. The molecule has 2 aromatic carbocycles. The molecule has 4 heteroatoms. The lowest BCUT2D eigenvalue weighted by atomic mass is 9.95. The number of halogens is 1. The normalized spacial score (nSPS) is 15.3. The highest BCUT2D eigenvalue weighted by atomic mass is 79.9. The topological polar surface area (TPSA) is 45.7 Å². The van der Waals surface area contributed by atoms with Crippen LogP contribution in [0.3, 0.4) is 0 Å². The highest BCUT2D eigenvalue weighted by molar-refractivity contribution is 9.10.